The van der Waals surface area contributed by atoms with Gasteiger partial charge < -0.3 is 10.1 Å². The average molecular weight is 537 g/mol. The molecule has 0 unspecified atom stereocenters. The predicted molar refractivity (Wildman–Crippen MR) is 141 cm³/mol. The first kappa shape index (κ1) is 26.2. The van der Waals surface area contributed by atoms with Gasteiger partial charge in [0.25, 0.3) is 0 Å². The fourth-order valence-electron chi connectivity index (χ4n) is 4.12. The zero-order chi connectivity index (χ0) is 27.4. The summed E-state index contributed by atoms with van der Waals surface area (Å²) in [4.78, 5) is 14.4. The van der Waals surface area contributed by atoms with E-state index in [1.54, 1.807) is 29.2 Å². The highest BCUT2D eigenvalue weighted by atomic mass is 19.4. The Morgan fingerprint density at radius 1 is 1.00 bits per heavy atom. The average Bonchev–Trinajstić information content (AvgIpc) is 3.53. The van der Waals surface area contributed by atoms with E-state index < -0.39 is 12.7 Å². The molecule has 0 saturated carbocycles. The molecule has 0 spiro atoms. The molecule has 0 amide bonds. The molecule has 0 aliphatic rings. The van der Waals surface area contributed by atoms with Crippen molar-refractivity contribution in [3.8, 4) is 28.3 Å². The number of imidazole rings is 1. The summed E-state index contributed by atoms with van der Waals surface area (Å²) in [6, 6.07) is 13.6. The first-order valence-electron chi connectivity index (χ1n) is 12.2. The highest BCUT2D eigenvalue weighted by molar-refractivity contribution is 5.64. The Balaban J connectivity index is 1.21. The van der Waals surface area contributed by atoms with Gasteiger partial charge >= 0.3 is 6.18 Å². The summed E-state index contributed by atoms with van der Waals surface area (Å²) in [6.45, 7) is -0.109. The van der Waals surface area contributed by atoms with Crippen molar-refractivity contribution >= 4 is 11.5 Å². The number of pyridine rings is 1. The van der Waals surface area contributed by atoms with E-state index in [1.807, 2.05) is 29.9 Å². The van der Waals surface area contributed by atoms with Gasteiger partial charge in [0.1, 0.15) is 30.1 Å². The van der Waals surface area contributed by atoms with Crippen molar-refractivity contribution in [2.24, 2.45) is 7.05 Å². The summed E-state index contributed by atoms with van der Waals surface area (Å²) in [5, 5.41) is 7.55. The Hall–Kier alpha value is -4.45. The Kier molecular flexibility index (Phi) is 7.46. The van der Waals surface area contributed by atoms with E-state index in [9.17, 15) is 13.2 Å². The van der Waals surface area contributed by atoms with Crippen LogP contribution >= 0.6 is 0 Å². The van der Waals surface area contributed by atoms with Crippen molar-refractivity contribution in [2.45, 2.75) is 12.7 Å². The van der Waals surface area contributed by atoms with Gasteiger partial charge in [-0.05, 0) is 24.2 Å². The van der Waals surface area contributed by atoms with Crippen molar-refractivity contribution in [1.82, 2.24) is 34.0 Å². The number of hydrogen-bond acceptors (Lipinski definition) is 7. The van der Waals surface area contributed by atoms with Crippen LogP contribution in [0, 0.1) is 0 Å². The van der Waals surface area contributed by atoms with Gasteiger partial charge in [-0.1, -0.05) is 24.3 Å². The maximum atomic E-state index is 12.5. The molecule has 39 heavy (non-hydrogen) atoms. The molecule has 12 heteroatoms. The van der Waals surface area contributed by atoms with Gasteiger partial charge in [-0.2, -0.15) is 18.3 Å². The van der Waals surface area contributed by atoms with Crippen LogP contribution < -0.4 is 10.1 Å². The Bertz CT molecular complexity index is 1540. The lowest BCUT2D eigenvalue weighted by Crippen LogP contribution is -2.33. The van der Waals surface area contributed by atoms with Gasteiger partial charge in [-0.15, -0.1) is 0 Å². The number of nitrogens with one attached hydrogen (secondary N) is 1. The molecule has 0 fully saturated rings. The summed E-state index contributed by atoms with van der Waals surface area (Å²) >= 11 is 0. The summed E-state index contributed by atoms with van der Waals surface area (Å²) in [7, 11) is 3.30. The first-order valence-corrected chi connectivity index (χ1v) is 12.2. The van der Waals surface area contributed by atoms with Gasteiger partial charge in [0.05, 0.1) is 30.3 Å². The van der Waals surface area contributed by atoms with Crippen LogP contribution in [0.3, 0.4) is 0 Å². The minimum atomic E-state index is -4.23. The number of hydrogen-bond donors (Lipinski definition) is 1. The number of halogens is 3. The van der Waals surface area contributed by atoms with Crippen LogP contribution in [0.25, 0.3) is 28.2 Å². The molecule has 9 nitrogen and oxygen atoms in total. The van der Waals surface area contributed by atoms with Crippen molar-refractivity contribution in [2.75, 3.05) is 32.1 Å². The number of ether oxygens (including phenoxy) is 1. The SMILES string of the molecule is CN(CCOc1ccn2c(-c3cc(NCc4ccc(-c5cnn(C)c5)cc4)ncn3)cnc2c1)CC(F)(F)F. The van der Waals surface area contributed by atoms with Gasteiger partial charge in [0.2, 0.25) is 0 Å². The highest BCUT2D eigenvalue weighted by Gasteiger charge is 2.28. The molecule has 0 bridgehead atoms. The molecule has 4 aromatic heterocycles. The molecule has 0 aliphatic heterocycles. The van der Waals surface area contributed by atoms with Gasteiger partial charge in [-0.25, -0.2) is 15.0 Å². The van der Waals surface area contributed by atoms with Gasteiger partial charge in [0, 0.05) is 50.2 Å². The summed E-state index contributed by atoms with van der Waals surface area (Å²) in [5.41, 5.74) is 5.37. The number of aromatic nitrogens is 6. The van der Waals surface area contributed by atoms with E-state index in [0.29, 0.717) is 29.5 Å². The van der Waals surface area contributed by atoms with E-state index in [0.717, 1.165) is 22.4 Å². The minimum Gasteiger partial charge on any atom is -0.492 e. The number of aryl methyl sites for hydroxylation is 1. The topological polar surface area (TPSA) is 85.4 Å². The molecule has 0 atom stereocenters. The van der Waals surface area contributed by atoms with Crippen LogP contribution in [0.2, 0.25) is 0 Å². The fraction of sp³-hybridized carbons (Fsp3) is 0.259. The van der Waals surface area contributed by atoms with E-state index in [1.165, 1.54) is 18.3 Å². The molecule has 0 radical (unpaired) electrons. The normalized spacial score (nSPS) is 11.8. The zero-order valence-electron chi connectivity index (χ0n) is 21.4. The highest BCUT2D eigenvalue weighted by Crippen LogP contribution is 2.24. The Morgan fingerprint density at radius 3 is 2.56 bits per heavy atom. The lowest BCUT2D eigenvalue weighted by Gasteiger charge is -2.18. The molecule has 1 N–H and O–H groups in total. The molecular weight excluding hydrogens is 509 g/mol. The maximum absolute atomic E-state index is 12.5. The van der Waals surface area contributed by atoms with Gasteiger partial charge in [0.15, 0.2) is 0 Å². The monoisotopic (exact) mass is 536 g/mol. The largest absolute Gasteiger partial charge is 0.492 e. The number of likely N-dealkylation sites (N-methyl/N-ethyl adjacent to an activating group) is 1. The number of rotatable bonds is 10. The molecule has 5 aromatic rings. The second kappa shape index (κ2) is 11.1. The van der Waals surface area contributed by atoms with Crippen LogP contribution in [-0.4, -0.2) is 67.0 Å². The molecule has 202 valence electrons. The number of benzene rings is 1. The predicted octanol–water partition coefficient (Wildman–Crippen LogP) is 4.68. The number of anilines is 1. The lowest BCUT2D eigenvalue weighted by molar-refractivity contribution is -0.143. The smallest absolute Gasteiger partial charge is 0.401 e. The second-order valence-corrected chi connectivity index (χ2v) is 9.18. The van der Waals surface area contributed by atoms with Crippen molar-refractivity contribution in [3.05, 3.63) is 79.1 Å². The summed E-state index contributed by atoms with van der Waals surface area (Å²) < 4.78 is 46.7. The van der Waals surface area contributed by atoms with Crippen molar-refractivity contribution < 1.29 is 17.9 Å². The van der Waals surface area contributed by atoms with Crippen molar-refractivity contribution in [1.29, 1.82) is 0 Å². The molecule has 4 heterocycles. The standard InChI is InChI=1S/C27H27F3N8O/c1-36(17-27(28,29)30)9-10-39-22-7-8-38-24(15-32-26(38)11-22)23-12-25(34-18-33-23)31-13-19-3-5-20(6-4-19)21-14-35-37(2)16-21/h3-8,11-12,14-16,18H,9-10,13,17H2,1-2H3,(H,31,33,34). The molecule has 0 saturated heterocycles. The van der Waals surface area contributed by atoms with E-state index >= 15 is 0 Å². The first-order chi connectivity index (χ1) is 18.7. The molecule has 5 rings (SSSR count). The zero-order valence-corrected chi connectivity index (χ0v) is 21.4. The molecule has 1 aromatic carbocycles. The van der Waals surface area contributed by atoms with Crippen LogP contribution in [0.4, 0.5) is 19.0 Å². The van der Waals surface area contributed by atoms with Crippen LogP contribution in [-0.2, 0) is 13.6 Å². The maximum Gasteiger partial charge on any atom is 0.401 e. The number of nitrogens with zero attached hydrogens (tertiary/aromatic N) is 7. The number of fused-ring (bicyclic) bond motifs is 1. The van der Waals surface area contributed by atoms with Crippen LogP contribution in [0.5, 0.6) is 5.75 Å². The van der Waals surface area contributed by atoms with Gasteiger partial charge in [-0.3, -0.25) is 14.0 Å². The summed E-state index contributed by atoms with van der Waals surface area (Å²) in [5.74, 6) is 1.20. The van der Waals surface area contributed by atoms with Crippen molar-refractivity contribution in [3.63, 3.8) is 0 Å². The second-order valence-electron chi connectivity index (χ2n) is 9.18. The van der Waals surface area contributed by atoms with Crippen LogP contribution in [0.15, 0.2) is 73.6 Å². The Morgan fingerprint density at radius 2 is 1.82 bits per heavy atom. The minimum absolute atomic E-state index is 0.128. The van der Waals surface area contributed by atoms with E-state index in [2.05, 4.69) is 49.6 Å². The fourth-order valence-corrected chi connectivity index (χ4v) is 4.12. The van der Waals surface area contributed by atoms with E-state index in [4.69, 9.17) is 4.74 Å². The molecular formula is C27H27F3N8O. The lowest BCUT2D eigenvalue weighted by atomic mass is 10.1. The number of alkyl halides is 3. The third kappa shape index (κ3) is 6.71. The quantitative estimate of drug-likeness (QED) is 0.278. The van der Waals surface area contributed by atoms with Crippen LogP contribution in [0.1, 0.15) is 5.56 Å². The third-order valence-electron chi connectivity index (χ3n) is 6.07. The summed E-state index contributed by atoms with van der Waals surface area (Å²) in [6.07, 6.45) is 4.58. The third-order valence-corrected chi connectivity index (χ3v) is 6.07. The Labute approximate surface area is 222 Å². The van der Waals surface area contributed by atoms with E-state index in [-0.39, 0.29) is 13.2 Å². The molecule has 0 aliphatic carbocycles.